The maximum Gasteiger partial charge on any atom is 0.204 e. The zero-order valence-electron chi connectivity index (χ0n) is 31.0. The Kier molecular flexibility index (Phi) is 7.99. The molecule has 11 rings (SSSR count). The maximum atomic E-state index is 7.79. The van der Waals surface area contributed by atoms with E-state index in [1.54, 1.807) is 11.3 Å². The molecule has 8 aromatic carbocycles. The first-order valence-corrected chi connectivity index (χ1v) is 20.0. The van der Waals surface area contributed by atoms with Crippen molar-refractivity contribution in [1.82, 2.24) is 19.5 Å². The van der Waals surface area contributed by atoms with Crippen molar-refractivity contribution in [2.45, 2.75) is 0 Å². The fraction of sp³-hybridized carbons (Fsp3) is 0. The highest BCUT2D eigenvalue weighted by Crippen LogP contribution is 2.44. The van der Waals surface area contributed by atoms with Gasteiger partial charge >= 0.3 is 0 Å². The fourth-order valence-corrected chi connectivity index (χ4v) is 9.48. The van der Waals surface area contributed by atoms with Crippen LogP contribution in [0.5, 0.6) is 0 Å². The van der Waals surface area contributed by atoms with Gasteiger partial charge in [0.1, 0.15) is 0 Å². The van der Waals surface area contributed by atoms with Gasteiger partial charge in [-0.2, -0.15) is 0 Å². The molecule has 0 saturated heterocycles. The van der Waals surface area contributed by atoms with Crippen molar-refractivity contribution in [3.05, 3.63) is 199 Å². The second kappa shape index (κ2) is 13.8. The summed E-state index contributed by atoms with van der Waals surface area (Å²) < 4.78 is 4.52. The lowest BCUT2D eigenvalue weighted by molar-refractivity contribution is 1.06. The normalized spacial score (nSPS) is 11.4. The van der Waals surface area contributed by atoms with Crippen molar-refractivity contribution in [3.8, 4) is 62.1 Å². The molecule has 0 unspecified atom stereocenters. The summed E-state index contributed by atoms with van der Waals surface area (Å²) in [4.78, 5) is 19.5. The van der Waals surface area contributed by atoms with E-state index in [1.807, 2.05) is 48.5 Å². The number of hydrogen-bond donors (Lipinski definition) is 0. The van der Waals surface area contributed by atoms with Crippen molar-refractivity contribution in [2.24, 2.45) is 0 Å². The van der Waals surface area contributed by atoms with Gasteiger partial charge in [0.25, 0.3) is 0 Å². The Morgan fingerprint density at radius 2 is 0.948 bits per heavy atom. The molecule has 0 radical (unpaired) electrons. The number of hydrogen-bond acceptors (Lipinski definition) is 4. The molecule has 0 bridgehead atoms. The SMILES string of the molecule is [C-]#[N+]c1cccc2c1sc1c(-c3cccc(-c4nc(-c5ccccc5)nc(-c5ccc(-c6ccccc6)cc5-n5c6ccccc6c6ccccc65)n4)c3)cccc12. The minimum absolute atomic E-state index is 0.587. The topological polar surface area (TPSA) is 48.0 Å². The monoisotopic (exact) mass is 757 g/mol. The Hall–Kier alpha value is -7.72. The van der Waals surface area contributed by atoms with Crippen LogP contribution >= 0.6 is 11.3 Å². The standard InChI is InChI=1S/C52H31N5S/c1-53-44-26-14-25-42-41-24-13-23-38(48(41)58-49(42)44)36-19-12-20-37(31-36)51-54-50(34-17-6-3-7-18-34)55-52(56-51)43-30-29-35(33-15-4-2-5-16-33)32-47(43)57-45-27-10-8-21-39(45)40-22-9-11-28-46(40)57/h2-32H. The second-order valence-corrected chi connectivity index (χ2v) is 15.3. The van der Waals surface area contributed by atoms with Gasteiger partial charge in [-0.15, -0.1) is 11.3 Å². The molecule has 3 heterocycles. The van der Waals surface area contributed by atoms with Gasteiger partial charge in [0.05, 0.1) is 23.3 Å². The summed E-state index contributed by atoms with van der Waals surface area (Å²) in [5.74, 6) is 1.78. The molecule has 0 aliphatic heterocycles. The minimum atomic E-state index is 0.587. The lowest BCUT2D eigenvalue weighted by atomic mass is 10.00. The minimum Gasteiger partial charge on any atom is -0.308 e. The Morgan fingerprint density at radius 1 is 0.397 bits per heavy atom. The van der Waals surface area contributed by atoms with E-state index in [9.17, 15) is 0 Å². The predicted octanol–water partition coefficient (Wildman–Crippen LogP) is 14.2. The van der Waals surface area contributed by atoms with Crippen LogP contribution in [-0.2, 0) is 0 Å². The van der Waals surface area contributed by atoms with Crippen LogP contribution < -0.4 is 0 Å². The fourth-order valence-electron chi connectivity index (χ4n) is 8.19. The zero-order valence-corrected chi connectivity index (χ0v) is 31.9. The molecular formula is C52H31N5S. The lowest BCUT2D eigenvalue weighted by Crippen LogP contribution is -2.04. The van der Waals surface area contributed by atoms with Gasteiger partial charge in [0, 0.05) is 36.9 Å². The Balaban J connectivity index is 1.14. The number of fused-ring (bicyclic) bond motifs is 6. The highest BCUT2D eigenvalue weighted by molar-refractivity contribution is 7.27. The summed E-state index contributed by atoms with van der Waals surface area (Å²) in [6.45, 7) is 7.79. The van der Waals surface area contributed by atoms with Crippen LogP contribution in [0, 0.1) is 6.57 Å². The third-order valence-corrected chi connectivity index (χ3v) is 12.2. The van der Waals surface area contributed by atoms with Crippen LogP contribution in [0.25, 0.3) is 109 Å². The number of rotatable bonds is 6. The summed E-state index contributed by atoms with van der Waals surface area (Å²) in [5, 5.41) is 4.63. The average molecular weight is 758 g/mol. The van der Waals surface area contributed by atoms with Crippen molar-refractivity contribution >= 4 is 59.0 Å². The summed E-state index contributed by atoms with van der Waals surface area (Å²) in [6.07, 6.45) is 0. The highest BCUT2D eigenvalue weighted by atomic mass is 32.1. The number of nitrogens with zero attached hydrogens (tertiary/aromatic N) is 5. The van der Waals surface area contributed by atoms with Gasteiger partial charge in [-0.25, -0.2) is 19.8 Å². The average Bonchev–Trinajstić information content (AvgIpc) is 3.85. The van der Waals surface area contributed by atoms with Crippen LogP contribution in [0.3, 0.4) is 0 Å². The van der Waals surface area contributed by atoms with Crippen molar-refractivity contribution in [3.63, 3.8) is 0 Å². The van der Waals surface area contributed by atoms with E-state index in [0.717, 1.165) is 75.8 Å². The molecular weight excluding hydrogens is 727 g/mol. The molecule has 0 saturated carbocycles. The summed E-state index contributed by atoms with van der Waals surface area (Å²) in [7, 11) is 0. The predicted molar refractivity (Wildman–Crippen MR) is 240 cm³/mol. The lowest BCUT2D eigenvalue weighted by Gasteiger charge is -2.16. The van der Waals surface area contributed by atoms with E-state index in [4.69, 9.17) is 21.5 Å². The van der Waals surface area contributed by atoms with Crippen LogP contribution in [0.1, 0.15) is 0 Å². The van der Waals surface area contributed by atoms with Crippen LogP contribution in [0.15, 0.2) is 188 Å². The van der Waals surface area contributed by atoms with Gasteiger partial charge in [-0.3, -0.25) is 0 Å². The summed E-state index contributed by atoms with van der Waals surface area (Å²) in [6, 6.07) is 65.3. The summed E-state index contributed by atoms with van der Waals surface area (Å²) >= 11 is 1.68. The Bertz CT molecular complexity index is 3360. The smallest absolute Gasteiger partial charge is 0.204 e. The van der Waals surface area contributed by atoms with Gasteiger partial charge < -0.3 is 4.57 Å². The molecule has 58 heavy (non-hydrogen) atoms. The van der Waals surface area contributed by atoms with E-state index in [0.29, 0.717) is 23.2 Å². The summed E-state index contributed by atoms with van der Waals surface area (Å²) in [5.41, 5.74) is 11.0. The van der Waals surface area contributed by atoms with Gasteiger partial charge in [-0.05, 0) is 63.4 Å². The van der Waals surface area contributed by atoms with Gasteiger partial charge in [-0.1, -0.05) is 158 Å². The molecule has 0 aliphatic rings. The first-order chi connectivity index (χ1) is 28.7. The van der Waals surface area contributed by atoms with Crippen molar-refractivity contribution in [2.75, 3.05) is 0 Å². The molecule has 0 spiro atoms. The largest absolute Gasteiger partial charge is 0.308 e. The van der Waals surface area contributed by atoms with Gasteiger partial charge in [0.15, 0.2) is 17.5 Å². The quantitative estimate of drug-likeness (QED) is 0.159. The second-order valence-electron chi connectivity index (χ2n) is 14.3. The molecule has 11 aromatic rings. The van der Waals surface area contributed by atoms with Crippen molar-refractivity contribution in [1.29, 1.82) is 0 Å². The molecule has 0 aliphatic carbocycles. The number of benzene rings is 8. The Labute approximate surface area is 338 Å². The maximum absolute atomic E-state index is 7.79. The van der Waals surface area contributed by atoms with E-state index in [1.165, 1.54) is 10.8 Å². The van der Waals surface area contributed by atoms with E-state index in [2.05, 4.69) is 149 Å². The Morgan fingerprint density at radius 3 is 1.67 bits per heavy atom. The molecule has 0 amide bonds. The van der Waals surface area contributed by atoms with E-state index in [-0.39, 0.29) is 0 Å². The molecule has 270 valence electrons. The van der Waals surface area contributed by atoms with Gasteiger partial charge in [0.2, 0.25) is 5.69 Å². The van der Waals surface area contributed by atoms with E-state index < -0.39 is 0 Å². The third kappa shape index (κ3) is 5.56. The molecule has 0 atom stereocenters. The van der Waals surface area contributed by atoms with Crippen molar-refractivity contribution < 1.29 is 0 Å². The first-order valence-electron chi connectivity index (χ1n) is 19.1. The molecule has 3 aromatic heterocycles. The molecule has 0 fully saturated rings. The third-order valence-electron chi connectivity index (χ3n) is 10.9. The molecule has 5 nitrogen and oxygen atoms in total. The van der Waals surface area contributed by atoms with E-state index >= 15 is 0 Å². The molecule has 6 heteroatoms. The number of aromatic nitrogens is 4. The van der Waals surface area contributed by atoms with Crippen LogP contribution in [0.2, 0.25) is 0 Å². The highest BCUT2D eigenvalue weighted by Gasteiger charge is 2.21. The van der Waals surface area contributed by atoms with Crippen LogP contribution in [-0.4, -0.2) is 19.5 Å². The zero-order chi connectivity index (χ0) is 38.6. The number of thiophene rings is 1. The first kappa shape index (κ1) is 33.6. The molecule has 0 N–H and O–H groups in total. The van der Waals surface area contributed by atoms with Crippen LogP contribution in [0.4, 0.5) is 5.69 Å². The number of para-hydroxylation sites is 2.